The van der Waals surface area contributed by atoms with Crippen molar-refractivity contribution in [3.63, 3.8) is 0 Å². The molecule has 1 aromatic rings. The predicted octanol–water partition coefficient (Wildman–Crippen LogP) is 2.03. The molecule has 0 aromatic heterocycles. The maximum absolute atomic E-state index is 11.6. The molecule has 1 aliphatic rings. The van der Waals surface area contributed by atoms with Crippen LogP contribution in [-0.4, -0.2) is 17.6 Å². The van der Waals surface area contributed by atoms with Gasteiger partial charge in [0.25, 0.3) is 0 Å². The highest BCUT2D eigenvalue weighted by atomic mass is 32.2. The van der Waals surface area contributed by atoms with E-state index in [4.69, 9.17) is 0 Å². The molecule has 4 nitrogen and oxygen atoms in total. The fourth-order valence-electron chi connectivity index (χ4n) is 1.72. The van der Waals surface area contributed by atoms with Crippen LogP contribution in [0.3, 0.4) is 0 Å². The molecular formula is C14H18N2O2S. The van der Waals surface area contributed by atoms with Crippen molar-refractivity contribution in [3.05, 3.63) is 29.8 Å². The van der Waals surface area contributed by atoms with E-state index >= 15 is 0 Å². The van der Waals surface area contributed by atoms with Crippen LogP contribution >= 0.6 is 11.8 Å². The summed E-state index contributed by atoms with van der Waals surface area (Å²) in [5, 5.41) is 0. The number of aryl methyl sites for hydroxylation is 1. The van der Waals surface area contributed by atoms with Gasteiger partial charge in [0, 0.05) is 10.8 Å². The van der Waals surface area contributed by atoms with E-state index in [1.807, 2.05) is 31.2 Å². The van der Waals surface area contributed by atoms with Crippen molar-refractivity contribution in [2.75, 3.05) is 5.75 Å². The van der Waals surface area contributed by atoms with Crippen LogP contribution in [0.2, 0.25) is 0 Å². The van der Waals surface area contributed by atoms with E-state index in [0.717, 1.165) is 24.2 Å². The first-order chi connectivity index (χ1) is 9.15. The average molecular weight is 278 g/mol. The SMILES string of the molecule is Cc1ccc(SCC(=O)NNC(=O)C2CCC2)cc1. The summed E-state index contributed by atoms with van der Waals surface area (Å²) in [4.78, 5) is 24.1. The third-order valence-electron chi connectivity index (χ3n) is 3.19. The van der Waals surface area contributed by atoms with Crippen LogP contribution in [0.25, 0.3) is 0 Å². The van der Waals surface area contributed by atoms with Gasteiger partial charge >= 0.3 is 0 Å². The summed E-state index contributed by atoms with van der Waals surface area (Å²) >= 11 is 1.45. The first-order valence-electron chi connectivity index (χ1n) is 6.43. The van der Waals surface area contributed by atoms with Gasteiger partial charge in [-0.25, -0.2) is 0 Å². The van der Waals surface area contributed by atoms with Gasteiger partial charge in [0.2, 0.25) is 11.8 Å². The Kier molecular flexibility index (Phi) is 4.85. The number of carbonyl (C=O) groups is 2. The third-order valence-corrected chi connectivity index (χ3v) is 4.20. The number of thioether (sulfide) groups is 1. The summed E-state index contributed by atoms with van der Waals surface area (Å²) in [5.41, 5.74) is 6.13. The molecule has 1 aliphatic carbocycles. The predicted molar refractivity (Wildman–Crippen MR) is 75.5 cm³/mol. The minimum Gasteiger partial charge on any atom is -0.273 e. The van der Waals surface area contributed by atoms with Crippen molar-refractivity contribution in [2.24, 2.45) is 5.92 Å². The molecule has 0 bridgehead atoms. The zero-order valence-electron chi connectivity index (χ0n) is 10.9. The van der Waals surface area contributed by atoms with E-state index in [9.17, 15) is 9.59 Å². The summed E-state index contributed by atoms with van der Waals surface area (Å²) < 4.78 is 0. The highest BCUT2D eigenvalue weighted by molar-refractivity contribution is 8.00. The van der Waals surface area contributed by atoms with Crippen LogP contribution in [0.4, 0.5) is 0 Å². The molecular weight excluding hydrogens is 260 g/mol. The first-order valence-corrected chi connectivity index (χ1v) is 7.42. The second-order valence-electron chi connectivity index (χ2n) is 4.77. The fraction of sp³-hybridized carbons (Fsp3) is 0.429. The lowest BCUT2D eigenvalue weighted by atomic mass is 9.85. The maximum atomic E-state index is 11.6. The molecule has 1 saturated carbocycles. The Hall–Kier alpha value is -1.49. The van der Waals surface area contributed by atoms with Crippen molar-refractivity contribution in [3.8, 4) is 0 Å². The quantitative estimate of drug-likeness (QED) is 0.654. The Morgan fingerprint density at radius 2 is 1.89 bits per heavy atom. The minimum absolute atomic E-state index is 0.0695. The number of rotatable bonds is 4. The van der Waals surface area contributed by atoms with Crippen molar-refractivity contribution in [1.82, 2.24) is 10.9 Å². The van der Waals surface area contributed by atoms with Gasteiger partial charge in [-0.05, 0) is 31.9 Å². The fourth-order valence-corrected chi connectivity index (χ4v) is 2.42. The monoisotopic (exact) mass is 278 g/mol. The van der Waals surface area contributed by atoms with Crippen molar-refractivity contribution in [2.45, 2.75) is 31.1 Å². The smallest absolute Gasteiger partial charge is 0.248 e. The first kappa shape index (κ1) is 13.9. The van der Waals surface area contributed by atoms with Crippen molar-refractivity contribution < 1.29 is 9.59 Å². The Bertz CT molecular complexity index is 455. The molecule has 5 heteroatoms. The van der Waals surface area contributed by atoms with E-state index in [0.29, 0.717) is 5.75 Å². The normalized spacial score (nSPS) is 14.6. The maximum Gasteiger partial charge on any atom is 0.248 e. The molecule has 0 unspecified atom stereocenters. The van der Waals surface area contributed by atoms with Gasteiger partial charge in [0.05, 0.1) is 5.75 Å². The van der Waals surface area contributed by atoms with Crippen LogP contribution in [0.5, 0.6) is 0 Å². The highest BCUT2D eigenvalue weighted by Crippen LogP contribution is 2.25. The molecule has 0 aliphatic heterocycles. The molecule has 0 spiro atoms. The molecule has 2 amide bonds. The van der Waals surface area contributed by atoms with Gasteiger partial charge < -0.3 is 0 Å². The van der Waals surface area contributed by atoms with E-state index in [1.165, 1.54) is 17.3 Å². The van der Waals surface area contributed by atoms with E-state index < -0.39 is 0 Å². The lowest BCUT2D eigenvalue weighted by molar-refractivity contribution is -0.132. The second kappa shape index (κ2) is 6.61. The van der Waals surface area contributed by atoms with Gasteiger partial charge in [-0.15, -0.1) is 11.8 Å². The van der Waals surface area contributed by atoms with Crippen LogP contribution < -0.4 is 10.9 Å². The van der Waals surface area contributed by atoms with E-state index in [2.05, 4.69) is 10.9 Å². The topological polar surface area (TPSA) is 58.2 Å². The number of hydrazine groups is 1. The molecule has 0 atom stereocenters. The summed E-state index contributed by atoms with van der Waals surface area (Å²) in [6, 6.07) is 8.00. The Morgan fingerprint density at radius 3 is 2.47 bits per heavy atom. The number of nitrogens with one attached hydrogen (secondary N) is 2. The van der Waals surface area contributed by atoms with Crippen LogP contribution in [0, 0.1) is 12.8 Å². The molecule has 0 radical (unpaired) electrons. The zero-order chi connectivity index (χ0) is 13.7. The molecule has 1 fully saturated rings. The summed E-state index contributed by atoms with van der Waals surface area (Å²) in [7, 11) is 0. The summed E-state index contributed by atoms with van der Waals surface area (Å²) in [5.74, 6) is 0.136. The number of hydrogen-bond donors (Lipinski definition) is 2. The van der Waals surface area contributed by atoms with Crippen LogP contribution in [0.1, 0.15) is 24.8 Å². The standard InChI is InChI=1S/C14H18N2O2S/c1-10-5-7-12(8-6-10)19-9-13(17)15-16-14(18)11-3-2-4-11/h5-8,11H,2-4,9H2,1H3,(H,15,17)(H,16,18). The highest BCUT2D eigenvalue weighted by Gasteiger charge is 2.25. The Labute approximate surface area is 117 Å². The number of amides is 2. The van der Waals surface area contributed by atoms with Gasteiger partial charge in [-0.2, -0.15) is 0 Å². The molecule has 0 saturated heterocycles. The molecule has 2 N–H and O–H groups in total. The molecule has 102 valence electrons. The number of carbonyl (C=O) groups excluding carboxylic acids is 2. The van der Waals surface area contributed by atoms with E-state index in [-0.39, 0.29) is 17.7 Å². The minimum atomic E-state index is -0.182. The van der Waals surface area contributed by atoms with E-state index in [1.54, 1.807) is 0 Å². The lowest BCUT2D eigenvalue weighted by Gasteiger charge is -2.23. The molecule has 2 rings (SSSR count). The van der Waals surface area contributed by atoms with Gasteiger partial charge in [0.1, 0.15) is 0 Å². The summed E-state index contributed by atoms with van der Waals surface area (Å²) in [6.07, 6.45) is 2.97. The summed E-state index contributed by atoms with van der Waals surface area (Å²) in [6.45, 7) is 2.02. The Morgan fingerprint density at radius 1 is 1.21 bits per heavy atom. The van der Waals surface area contributed by atoms with Gasteiger partial charge in [-0.1, -0.05) is 24.1 Å². The van der Waals surface area contributed by atoms with Crippen molar-refractivity contribution in [1.29, 1.82) is 0 Å². The van der Waals surface area contributed by atoms with Crippen molar-refractivity contribution >= 4 is 23.6 Å². The van der Waals surface area contributed by atoms with Crippen LogP contribution in [-0.2, 0) is 9.59 Å². The number of benzene rings is 1. The average Bonchev–Trinajstić information content (AvgIpc) is 2.33. The largest absolute Gasteiger partial charge is 0.273 e. The molecule has 1 aromatic carbocycles. The van der Waals surface area contributed by atoms with Gasteiger partial charge in [-0.3, -0.25) is 20.4 Å². The Balaban J connectivity index is 1.66. The molecule has 0 heterocycles. The lowest BCUT2D eigenvalue weighted by Crippen LogP contribution is -2.46. The number of hydrogen-bond acceptors (Lipinski definition) is 3. The zero-order valence-corrected chi connectivity index (χ0v) is 11.8. The molecule has 19 heavy (non-hydrogen) atoms. The van der Waals surface area contributed by atoms with Crippen LogP contribution in [0.15, 0.2) is 29.2 Å². The van der Waals surface area contributed by atoms with Gasteiger partial charge in [0.15, 0.2) is 0 Å². The second-order valence-corrected chi connectivity index (χ2v) is 5.82. The third kappa shape index (κ3) is 4.28.